The van der Waals surface area contributed by atoms with Gasteiger partial charge >= 0.3 is 0 Å². The smallest absolute Gasteiger partial charge is 0.263 e. The topological polar surface area (TPSA) is 113 Å². The monoisotopic (exact) mass is 437 g/mol. The van der Waals surface area contributed by atoms with Gasteiger partial charge in [0, 0.05) is 0 Å². The molecular weight excluding hydrogens is 418 g/mol. The van der Waals surface area contributed by atoms with E-state index in [1.54, 1.807) is 45.0 Å². The molecule has 1 unspecified atom stereocenters. The number of aromatic nitrogens is 1. The number of thioether (sulfide) groups is 1. The van der Waals surface area contributed by atoms with Gasteiger partial charge in [0.25, 0.3) is 10.0 Å². The fraction of sp³-hybridized carbons (Fsp3) is 0.294. The zero-order valence-electron chi connectivity index (χ0n) is 15.7. The summed E-state index contributed by atoms with van der Waals surface area (Å²) in [6.45, 7) is 7.21. The minimum absolute atomic E-state index is 0.0987. The molecule has 0 aliphatic carbocycles. The Hall–Kier alpha value is -2.24. The lowest BCUT2D eigenvalue weighted by Gasteiger charge is -2.05. The fourth-order valence-electron chi connectivity index (χ4n) is 2.34. The highest BCUT2D eigenvalue weighted by Gasteiger charge is 2.26. The summed E-state index contributed by atoms with van der Waals surface area (Å²) in [4.78, 5) is 16.7. The summed E-state index contributed by atoms with van der Waals surface area (Å²) in [5, 5.41) is 11.4. The first-order chi connectivity index (χ1) is 13.2. The van der Waals surface area contributed by atoms with Crippen LogP contribution >= 0.6 is 23.1 Å². The number of nitrogens with zero attached hydrogens (tertiary/aromatic N) is 3. The van der Waals surface area contributed by atoms with Crippen molar-refractivity contribution in [1.29, 1.82) is 0 Å². The Morgan fingerprint density at radius 1 is 1.25 bits per heavy atom. The molecule has 1 aromatic carbocycles. The molecule has 1 fully saturated rings. The first-order valence-corrected chi connectivity index (χ1v) is 11.5. The van der Waals surface area contributed by atoms with Gasteiger partial charge in [0.05, 0.1) is 26.4 Å². The first-order valence-electron chi connectivity index (χ1n) is 8.33. The minimum atomic E-state index is -3.72. The molecule has 1 amide bonds. The SMILES string of the molecule is C/C(=N\N=C1\NC(=O)C(C)S1)c1sc(NS(=O)(=O)c2ccc(C)cc2)nc1C. The average molecular weight is 438 g/mol. The number of aryl methyl sites for hydroxylation is 2. The summed E-state index contributed by atoms with van der Waals surface area (Å²) >= 11 is 2.49. The molecule has 0 saturated carbocycles. The molecule has 0 radical (unpaired) electrons. The lowest BCUT2D eigenvalue weighted by Crippen LogP contribution is -2.23. The Bertz CT molecular complexity index is 1070. The van der Waals surface area contributed by atoms with Gasteiger partial charge in [-0.1, -0.05) is 40.8 Å². The van der Waals surface area contributed by atoms with E-state index < -0.39 is 10.0 Å². The van der Waals surface area contributed by atoms with Crippen molar-refractivity contribution < 1.29 is 13.2 Å². The van der Waals surface area contributed by atoms with Crippen molar-refractivity contribution in [2.45, 2.75) is 37.8 Å². The van der Waals surface area contributed by atoms with Crippen LogP contribution in [0.5, 0.6) is 0 Å². The van der Waals surface area contributed by atoms with Crippen molar-refractivity contribution in [1.82, 2.24) is 10.3 Å². The van der Waals surface area contributed by atoms with E-state index in [1.807, 2.05) is 6.92 Å². The highest BCUT2D eigenvalue weighted by atomic mass is 32.2. The Morgan fingerprint density at radius 2 is 1.93 bits per heavy atom. The van der Waals surface area contributed by atoms with E-state index in [-0.39, 0.29) is 21.2 Å². The molecule has 1 saturated heterocycles. The molecule has 1 atom stereocenters. The van der Waals surface area contributed by atoms with Crippen LogP contribution in [0.25, 0.3) is 0 Å². The van der Waals surface area contributed by atoms with Gasteiger partial charge in [-0.3, -0.25) is 9.52 Å². The summed E-state index contributed by atoms with van der Waals surface area (Å²) in [6.07, 6.45) is 0. The van der Waals surface area contributed by atoms with Crippen LogP contribution < -0.4 is 10.0 Å². The molecule has 3 rings (SSSR count). The molecule has 28 heavy (non-hydrogen) atoms. The van der Waals surface area contributed by atoms with E-state index in [2.05, 4.69) is 25.2 Å². The molecule has 8 nitrogen and oxygen atoms in total. The van der Waals surface area contributed by atoms with Crippen LogP contribution in [0.3, 0.4) is 0 Å². The molecule has 148 valence electrons. The molecule has 2 heterocycles. The van der Waals surface area contributed by atoms with Crippen molar-refractivity contribution in [2.24, 2.45) is 10.2 Å². The summed E-state index contributed by atoms with van der Waals surface area (Å²) in [7, 11) is -3.72. The van der Waals surface area contributed by atoms with Crippen LogP contribution in [0.4, 0.5) is 5.13 Å². The van der Waals surface area contributed by atoms with Crippen molar-refractivity contribution in [3.8, 4) is 0 Å². The van der Waals surface area contributed by atoms with E-state index in [9.17, 15) is 13.2 Å². The Morgan fingerprint density at radius 3 is 2.54 bits per heavy atom. The van der Waals surface area contributed by atoms with Gasteiger partial charge in [-0.15, -0.1) is 5.10 Å². The van der Waals surface area contributed by atoms with E-state index >= 15 is 0 Å². The average Bonchev–Trinajstić information content (AvgIpc) is 3.14. The number of amidine groups is 1. The zero-order valence-corrected chi connectivity index (χ0v) is 18.1. The summed E-state index contributed by atoms with van der Waals surface area (Å²) in [5.74, 6) is -0.0987. The minimum Gasteiger partial charge on any atom is -0.303 e. The quantitative estimate of drug-likeness (QED) is 0.552. The predicted octanol–water partition coefficient (Wildman–Crippen LogP) is 2.89. The fourth-order valence-corrected chi connectivity index (χ4v) is 5.23. The van der Waals surface area contributed by atoms with Gasteiger partial charge in [0.2, 0.25) is 5.91 Å². The number of anilines is 1. The second kappa shape index (κ2) is 8.02. The number of thiazole rings is 1. The van der Waals surface area contributed by atoms with Crippen molar-refractivity contribution >= 4 is 55.0 Å². The lowest BCUT2D eigenvalue weighted by molar-refractivity contribution is -0.118. The van der Waals surface area contributed by atoms with Gasteiger partial charge < -0.3 is 5.32 Å². The number of amides is 1. The van der Waals surface area contributed by atoms with E-state index in [0.29, 0.717) is 21.5 Å². The van der Waals surface area contributed by atoms with Crippen molar-refractivity contribution in [2.75, 3.05) is 4.72 Å². The molecule has 11 heteroatoms. The van der Waals surface area contributed by atoms with Gasteiger partial charge in [-0.05, 0) is 39.8 Å². The molecular formula is C17H19N5O3S3. The highest BCUT2D eigenvalue weighted by Crippen LogP contribution is 2.26. The second-order valence-corrected chi connectivity index (χ2v) is 10.2. The standard InChI is InChI=1S/C17H19N5O3S3/c1-9-5-7-13(8-6-9)28(24,25)22-17-18-10(2)14(27-17)11(3)20-21-16-19-15(23)12(4)26-16/h5-8,12H,1-4H3,(H,18,22)(H,19,21,23)/b20-11+. The third kappa shape index (κ3) is 4.59. The van der Waals surface area contributed by atoms with E-state index in [0.717, 1.165) is 5.56 Å². The number of hydrogen-bond donors (Lipinski definition) is 2. The number of rotatable bonds is 5. The molecule has 0 spiro atoms. The summed E-state index contributed by atoms with van der Waals surface area (Å²) < 4.78 is 27.6. The maximum absolute atomic E-state index is 12.5. The van der Waals surface area contributed by atoms with Crippen LogP contribution in [0, 0.1) is 13.8 Å². The predicted molar refractivity (Wildman–Crippen MR) is 114 cm³/mol. The van der Waals surface area contributed by atoms with Crippen LogP contribution in [0.2, 0.25) is 0 Å². The van der Waals surface area contributed by atoms with Crippen LogP contribution in [0.1, 0.15) is 30.0 Å². The van der Waals surface area contributed by atoms with Gasteiger partial charge in [-0.25, -0.2) is 13.4 Å². The number of carbonyl (C=O) groups excluding carboxylic acids is 1. The molecule has 1 aromatic heterocycles. The maximum Gasteiger partial charge on any atom is 0.263 e. The lowest BCUT2D eigenvalue weighted by atomic mass is 10.2. The summed E-state index contributed by atoms with van der Waals surface area (Å²) in [6, 6.07) is 6.58. The number of nitrogens with one attached hydrogen (secondary N) is 2. The molecule has 2 aromatic rings. The Labute approximate surface area is 171 Å². The van der Waals surface area contributed by atoms with Crippen molar-refractivity contribution in [3.05, 3.63) is 40.4 Å². The summed E-state index contributed by atoms with van der Waals surface area (Å²) in [5.41, 5.74) is 2.20. The van der Waals surface area contributed by atoms with Gasteiger partial charge in [0.1, 0.15) is 0 Å². The third-order valence-electron chi connectivity index (χ3n) is 3.86. The van der Waals surface area contributed by atoms with Crippen molar-refractivity contribution in [3.63, 3.8) is 0 Å². The highest BCUT2D eigenvalue weighted by molar-refractivity contribution is 8.15. The molecule has 0 bridgehead atoms. The normalized spacial score (nSPS) is 19.1. The zero-order chi connectivity index (χ0) is 20.5. The van der Waals surface area contributed by atoms with Crippen LogP contribution in [0.15, 0.2) is 39.4 Å². The molecule has 1 aliphatic rings. The number of carbonyl (C=O) groups is 1. The van der Waals surface area contributed by atoms with E-state index in [4.69, 9.17) is 0 Å². The van der Waals surface area contributed by atoms with Crippen LogP contribution in [-0.2, 0) is 14.8 Å². The Kier molecular flexibility index (Phi) is 5.87. The van der Waals surface area contributed by atoms with Gasteiger partial charge in [-0.2, -0.15) is 5.10 Å². The van der Waals surface area contributed by atoms with E-state index in [1.165, 1.54) is 23.1 Å². The number of hydrogen-bond acceptors (Lipinski definition) is 8. The first kappa shape index (κ1) is 20.5. The largest absolute Gasteiger partial charge is 0.303 e. The number of benzene rings is 1. The van der Waals surface area contributed by atoms with Gasteiger partial charge in [0.15, 0.2) is 10.3 Å². The Balaban J connectivity index is 1.79. The van der Waals surface area contributed by atoms with Crippen LogP contribution in [-0.4, -0.2) is 35.4 Å². The molecule has 1 aliphatic heterocycles. The second-order valence-electron chi connectivity index (χ2n) is 6.19. The number of sulfonamides is 1. The third-order valence-corrected chi connectivity index (χ3v) is 7.50. The maximum atomic E-state index is 12.5. The molecule has 2 N–H and O–H groups in total.